The molecule has 3 rings (SSSR count). The molecule has 142 valence electrons. The molecule has 2 nitrogen and oxygen atoms in total. The van der Waals surface area contributed by atoms with Crippen LogP contribution >= 0.6 is 0 Å². The third-order valence-corrected chi connectivity index (χ3v) is 4.23. The summed E-state index contributed by atoms with van der Waals surface area (Å²) in [6, 6.07) is 16.2. The quantitative estimate of drug-likeness (QED) is 0.467. The molecular weight excluding hydrogens is 358 g/mol. The number of methoxy groups -OCH3 is 2. The van der Waals surface area contributed by atoms with E-state index >= 15 is 0 Å². The highest BCUT2D eigenvalue weighted by atomic mass is 19.1. The normalized spacial score (nSPS) is 11.3. The summed E-state index contributed by atoms with van der Waals surface area (Å²) in [7, 11) is 3.20. The molecule has 0 bridgehead atoms. The zero-order valence-corrected chi connectivity index (χ0v) is 15.7. The first-order chi connectivity index (χ1) is 13.6. The molecule has 0 radical (unpaired) electrons. The maximum atomic E-state index is 13.0. The van der Waals surface area contributed by atoms with E-state index in [4.69, 9.17) is 9.47 Å². The van der Waals surface area contributed by atoms with Crippen molar-refractivity contribution >= 4 is 24.3 Å². The molecule has 4 heteroatoms. The molecule has 0 saturated heterocycles. The fraction of sp³-hybridized carbons (Fsp3) is 0.0833. The summed E-state index contributed by atoms with van der Waals surface area (Å²) in [6.45, 7) is 0. The van der Waals surface area contributed by atoms with Gasteiger partial charge in [-0.25, -0.2) is 8.78 Å². The van der Waals surface area contributed by atoms with Crippen LogP contribution in [-0.4, -0.2) is 14.2 Å². The van der Waals surface area contributed by atoms with Crippen LogP contribution in [0.1, 0.15) is 22.3 Å². The molecule has 0 aliphatic heterocycles. The molecule has 0 aromatic heterocycles. The average Bonchev–Trinajstić information content (AvgIpc) is 2.72. The molecule has 3 aromatic rings. The molecule has 3 aromatic carbocycles. The third-order valence-electron chi connectivity index (χ3n) is 4.23. The van der Waals surface area contributed by atoms with Crippen molar-refractivity contribution in [1.82, 2.24) is 0 Å². The Hall–Kier alpha value is -3.40. The summed E-state index contributed by atoms with van der Waals surface area (Å²) in [4.78, 5) is 0. The van der Waals surface area contributed by atoms with Gasteiger partial charge in [0.1, 0.15) is 23.1 Å². The zero-order chi connectivity index (χ0) is 19.9. The van der Waals surface area contributed by atoms with Gasteiger partial charge in [0, 0.05) is 11.1 Å². The summed E-state index contributed by atoms with van der Waals surface area (Å²) in [6.07, 6.45) is 7.54. The summed E-state index contributed by atoms with van der Waals surface area (Å²) < 4.78 is 37.1. The standard InChI is InChI=1S/C24H20F2O2/c1-27-23-15-20(10-4-18-7-13-22(26)14-8-18)24(28-2)16-19(23)9-3-17-5-11-21(25)12-6-17/h3-16H,1-2H3/b9-3+,10-4+. The van der Waals surface area contributed by atoms with E-state index in [9.17, 15) is 8.78 Å². The minimum atomic E-state index is -0.270. The molecule has 0 aliphatic carbocycles. The molecule has 0 aliphatic rings. The van der Waals surface area contributed by atoms with Crippen molar-refractivity contribution < 1.29 is 18.3 Å². The van der Waals surface area contributed by atoms with E-state index in [1.54, 1.807) is 38.5 Å². The highest BCUT2D eigenvalue weighted by molar-refractivity contribution is 5.78. The number of ether oxygens (including phenoxy) is 2. The first kappa shape index (κ1) is 19.4. The third kappa shape index (κ3) is 4.86. The second-order valence-corrected chi connectivity index (χ2v) is 6.11. The van der Waals surface area contributed by atoms with E-state index in [0.29, 0.717) is 11.5 Å². The molecule has 0 fully saturated rings. The minimum Gasteiger partial charge on any atom is -0.496 e. The lowest BCUT2D eigenvalue weighted by molar-refractivity contribution is 0.401. The molecule has 0 N–H and O–H groups in total. The van der Waals surface area contributed by atoms with Gasteiger partial charge in [-0.1, -0.05) is 48.6 Å². The Morgan fingerprint density at radius 3 is 1.25 bits per heavy atom. The number of hydrogen-bond donors (Lipinski definition) is 0. The van der Waals surface area contributed by atoms with Crippen molar-refractivity contribution in [2.75, 3.05) is 14.2 Å². The molecule has 0 saturated carbocycles. The van der Waals surface area contributed by atoms with Gasteiger partial charge in [-0.2, -0.15) is 0 Å². The molecule has 28 heavy (non-hydrogen) atoms. The van der Waals surface area contributed by atoms with Crippen LogP contribution in [0, 0.1) is 11.6 Å². The molecule has 0 unspecified atom stereocenters. The van der Waals surface area contributed by atoms with Crippen LogP contribution in [0.2, 0.25) is 0 Å². The minimum absolute atomic E-state index is 0.270. The Balaban J connectivity index is 1.90. The maximum Gasteiger partial charge on any atom is 0.126 e. The zero-order valence-electron chi connectivity index (χ0n) is 15.7. The molecule has 0 spiro atoms. The Morgan fingerprint density at radius 1 is 0.571 bits per heavy atom. The summed E-state index contributed by atoms with van der Waals surface area (Å²) >= 11 is 0. The van der Waals surface area contributed by atoms with E-state index in [1.807, 2.05) is 36.4 Å². The van der Waals surface area contributed by atoms with Gasteiger partial charge in [0.2, 0.25) is 0 Å². The van der Waals surface area contributed by atoms with Crippen molar-refractivity contribution in [3.8, 4) is 11.5 Å². The van der Waals surface area contributed by atoms with E-state index in [1.165, 1.54) is 24.3 Å². The molecule has 0 heterocycles. The van der Waals surface area contributed by atoms with Crippen LogP contribution in [0.5, 0.6) is 11.5 Å². The fourth-order valence-electron chi connectivity index (χ4n) is 2.73. The average molecular weight is 378 g/mol. The lowest BCUT2D eigenvalue weighted by Gasteiger charge is -2.11. The van der Waals surface area contributed by atoms with Crippen LogP contribution in [0.3, 0.4) is 0 Å². The van der Waals surface area contributed by atoms with Crippen LogP contribution in [-0.2, 0) is 0 Å². The van der Waals surface area contributed by atoms with E-state index in [0.717, 1.165) is 22.3 Å². The monoisotopic (exact) mass is 378 g/mol. The molecule has 0 amide bonds. The smallest absolute Gasteiger partial charge is 0.126 e. The predicted molar refractivity (Wildman–Crippen MR) is 110 cm³/mol. The van der Waals surface area contributed by atoms with Crippen molar-refractivity contribution in [2.45, 2.75) is 0 Å². The topological polar surface area (TPSA) is 18.5 Å². The second kappa shape index (κ2) is 9.00. The van der Waals surface area contributed by atoms with Gasteiger partial charge in [-0.3, -0.25) is 0 Å². The first-order valence-electron chi connectivity index (χ1n) is 8.72. The summed E-state index contributed by atoms with van der Waals surface area (Å²) in [5, 5.41) is 0. The van der Waals surface area contributed by atoms with Crippen LogP contribution in [0.4, 0.5) is 8.78 Å². The van der Waals surface area contributed by atoms with Gasteiger partial charge < -0.3 is 9.47 Å². The summed E-state index contributed by atoms with van der Waals surface area (Å²) in [5.74, 6) is 0.818. The van der Waals surface area contributed by atoms with Gasteiger partial charge in [-0.15, -0.1) is 0 Å². The largest absolute Gasteiger partial charge is 0.496 e. The Bertz CT molecular complexity index is 905. The maximum absolute atomic E-state index is 13.0. The first-order valence-corrected chi connectivity index (χ1v) is 8.72. The van der Waals surface area contributed by atoms with Crippen molar-refractivity contribution in [2.24, 2.45) is 0 Å². The predicted octanol–water partition coefficient (Wildman–Crippen LogP) is 6.32. The van der Waals surface area contributed by atoms with Crippen LogP contribution in [0.15, 0.2) is 60.7 Å². The van der Waals surface area contributed by atoms with Crippen molar-refractivity contribution in [3.05, 3.63) is 94.6 Å². The number of benzene rings is 3. The Labute approximate surface area is 163 Å². The van der Waals surface area contributed by atoms with Gasteiger partial charge in [0.25, 0.3) is 0 Å². The number of hydrogen-bond acceptors (Lipinski definition) is 2. The van der Waals surface area contributed by atoms with Gasteiger partial charge >= 0.3 is 0 Å². The van der Waals surface area contributed by atoms with Crippen molar-refractivity contribution in [1.29, 1.82) is 0 Å². The van der Waals surface area contributed by atoms with Crippen LogP contribution in [0.25, 0.3) is 24.3 Å². The van der Waals surface area contributed by atoms with E-state index in [-0.39, 0.29) is 11.6 Å². The SMILES string of the molecule is COc1cc(/C=C/c2ccc(F)cc2)c(OC)cc1/C=C/c1ccc(F)cc1. The summed E-state index contributed by atoms with van der Waals surface area (Å²) in [5.41, 5.74) is 3.43. The van der Waals surface area contributed by atoms with Gasteiger partial charge in [-0.05, 0) is 47.5 Å². The van der Waals surface area contributed by atoms with Gasteiger partial charge in [0.05, 0.1) is 14.2 Å². The number of rotatable bonds is 6. The fourth-order valence-corrected chi connectivity index (χ4v) is 2.73. The lowest BCUT2D eigenvalue weighted by atomic mass is 10.1. The highest BCUT2D eigenvalue weighted by Gasteiger charge is 2.08. The molecule has 0 atom stereocenters. The Kier molecular flexibility index (Phi) is 6.22. The molecular formula is C24H20F2O2. The number of halogens is 2. The Morgan fingerprint density at radius 2 is 0.929 bits per heavy atom. The highest BCUT2D eigenvalue weighted by Crippen LogP contribution is 2.31. The van der Waals surface area contributed by atoms with Crippen LogP contribution < -0.4 is 9.47 Å². The second-order valence-electron chi connectivity index (χ2n) is 6.11. The lowest BCUT2D eigenvalue weighted by Crippen LogP contribution is -1.93. The van der Waals surface area contributed by atoms with Crippen molar-refractivity contribution in [3.63, 3.8) is 0 Å². The van der Waals surface area contributed by atoms with E-state index in [2.05, 4.69) is 0 Å². The van der Waals surface area contributed by atoms with E-state index < -0.39 is 0 Å². The van der Waals surface area contributed by atoms with Gasteiger partial charge in [0.15, 0.2) is 0 Å².